The Hall–Kier alpha value is 2.73. The van der Waals surface area contributed by atoms with E-state index in [2.05, 4.69) is 0 Å². The van der Waals surface area contributed by atoms with Gasteiger partial charge in [0.25, 0.3) is 0 Å². The molecule has 0 amide bonds. The molecular formula is C8H13Ar2N2Na. The molecule has 2 nitrogen and oxygen atoms in total. The Labute approximate surface area is 162 Å². The van der Waals surface area contributed by atoms with Crippen LogP contribution in [0.5, 0.6) is 0 Å². The maximum atomic E-state index is 7.41. The Balaban J connectivity index is -0.000000333. The molecule has 0 atom stereocenters. The van der Waals surface area contributed by atoms with Crippen molar-refractivity contribution in [3.05, 3.63) is 17.5 Å². The van der Waals surface area contributed by atoms with Crippen LogP contribution in [0.15, 0.2) is 11.8 Å². The quantitative estimate of drug-likeness (QED) is 0.575. The summed E-state index contributed by atoms with van der Waals surface area (Å²) in [5.74, 6) is 0. The molecule has 5 heteroatoms. The van der Waals surface area contributed by atoms with E-state index in [1.165, 1.54) is 0 Å². The summed E-state index contributed by atoms with van der Waals surface area (Å²) in [5.41, 5.74) is 8.89. The minimum absolute atomic E-state index is 0. The summed E-state index contributed by atoms with van der Waals surface area (Å²) in [4.78, 5) is 0. The summed E-state index contributed by atoms with van der Waals surface area (Å²) in [6, 6.07) is 0. The molecule has 0 aromatic carbocycles. The van der Waals surface area contributed by atoms with Gasteiger partial charge in [-0.3, -0.25) is 0 Å². The number of nitrogens with one attached hydrogen (secondary N) is 2. The molecule has 0 bridgehead atoms. The Kier molecular flexibility index (Phi) is 20.7. The van der Waals surface area contributed by atoms with E-state index in [0.717, 1.165) is 37.8 Å². The fraction of sp³-hybridized carbons (Fsp3) is 0.625. The predicted molar refractivity (Wildman–Crippen MR) is 43.2 cm³/mol. The van der Waals surface area contributed by atoms with Gasteiger partial charge in [0.2, 0.25) is 0 Å². The Morgan fingerprint density at radius 3 is 2.38 bits per heavy atom. The van der Waals surface area contributed by atoms with Crippen LogP contribution in [-0.2, 0) is 0 Å². The number of hydrogen-bond donors (Lipinski definition) is 1. The van der Waals surface area contributed by atoms with Gasteiger partial charge in [-0.15, -0.1) is 6.08 Å². The molecule has 0 heterocycles. The van der Waals surface area contributed by atoms with Gasteiger partial charge in [0, 0.05) is 81.2 Å². The van der Waals surface area contributed by atoms with Crippen LogP contribution in [-0.4, -0.2) is 5.71 Å². The van der Waals surface area contributed by atoms with Crippen molar-refractivity contribution in [1.82, 2.24) is 0 Å². The zero-order valence-electron chi connectivity index (χ0n) is 7.82. The Morgan fingerprint density at radius 1 is 1.15 bits per heavy atom. The first-order valence-corrected chi connectivity index (χ1v) is 3.76. The number of hydrogen-bond acceptors (Lipinski definition) is 1. The second-order valence-electron chi connectivity index (χ2n) is 2.73. The van der Waals surface area contributed by atoms with Crippen molar-refractivity contribution in [2.45, 2.75) is 32.1 Å². The summed E-state index contributed by atoms with van der Waals surface area (Å²) >= 11 is 0. The molecule has 0 saturated heterocycles. The zero-order valence-corrected chi connectivity index (χ0v) is 11.2. The van der Waals surface area contributed by atoms with E-state index >= 15 is 0 Å². The SMILES string of the molecule is N=C1CCC/C=C(\[NH-])CC1.[Ar].[Ar].[Na+]. The molecule has 0 radical (unpaired) electrons. The third kappa shape index (κ3) is 11.0. The van der Waals surface area contributed by atoms with E-state index in [-0.39, 0.29) is 105 Å². The molecule has 2 N–H and O–H groups in total. The maximum absolute atomic E-state index is 7.41. The topological polar surface area (TPSA) is 47.7 Å². The van der Waals surface area contributed by atoms with Gasteiger partial charge in [0.1, 0.15) is 0 Å². The van der Waals surface area contributed by atoms with Gasteiger partial charge in [0.15, 0.2) is 0 Å². The molecular weight excluding hydrogens is 227 g/mol. The van der Waals surface area contributed by atoms with E-state index < -0.39 is 0 Å². The summed E-state index contributed by atoms with van der Waals surface area (Å²) in [6.07, 6.45) is 6.53. The summed E-state index contributed by atoms with van der Waals surface area (Å²) < 4.78 is 0. The van der Waals surface area contributed by atoms with Gasteiger partial charge < -0.3 is 11.1 Å². The first-order valence-electron chi connectivity index (χ1n) is 3.76. The van der Waals surface area contributed by atoms with Crippen molar-refractivity contribution < 1.29 is 105 Å². The fourth-order valence-electron chi connectivity index (χ4n) is 1.10. The first kappa shape index (κ1) is 21.1. The monoisotopic (exact) mass is 240 g/mol. The normalized spacial score (nSPS) is 20.3. The van der Waals surface area contributed by atoms with Crippen molar-refractivity contribution in [1.29, 1.82) is 5.41 Å². The van der Waals surface area contributed by atoms with Gasteiger partial charge in [-0.1, -0.05) is 0 Å². The van der Waals surface area contributed by atoms with E-state index in [1.807, 2.05) is 6.08 Å². The minimum Gasteiger partial charge on any atom is -0.702 e. The van der Waals surface area contributed by atoms with E-state index in [9.17, 15) is 0 Å². The van der Waals surface area contributed by atoms with Crippen molar-refractivity contribution in [2.75, 3.05) is 0 Å². The second-order valence-corrected chi connectivity index (χ2v) is 2.73. The second kappa shape index (κ2) is 12.8. The molecule has 1 aliphatic rings. The van der Waals surface area contributed by atoms with Crippen LogP contribution in [0.3, 0.4) is 0 Å². The summed E-state index contributed by atoms with van der Waals surface area (Å²) in [5, 5.41) is 7.41. The van der Waals surface area contributed by atoms with E-state index in [0.29, 0.717) is 5.70 Å². The van der Waals surface area contributed by atoms with Crippen molar-refractivity contribution >= 4 is 5.71 Å². The van der Waals surface area contributed by atoms with Crippen LogP contribution >= 0.6 is 0 Å². The molecule has 0 aromatic heterocycles. The molecule has 0 saturated carbocycles. The van der Waals surface area contributed by atoms with Gasteiger partial charge in [-0.05, 0) is 32.1 Å². The van der Waals surface area contributed by atoms with Crippen LogP contribution in [0.1, 0.15) is 32.1 Å². The average Bonchev–Trinajstić information content (AvgIpc) is 1.90. The summed E-state index contributed by atoms with van der Waals surface area (Å²) in [7, 11) is 0. The Morgan fingerprint density at radius 2 is 1.77 bits per heavy atom. The van der Waals surface area contributed by atoms with Gasteiger partial charge in [-0.2, -0.15) is 5.70 Å². The minimum atomic E-state index is 0. The molecule has 0 aromatic rings. The van der Waals surface area contributed by atoms with Crippen molar-refractivity contribution in [3.8, 4) is 0 Å². The van der Waals surface area contributed by atoms with E-state index in [1.54, 1.807) is 0 Å². The van der Waals surface area contributed by atoms with Crippen LogP contribution in [0, 0.1) is 80.9 Å². The van der Waals surface area contributed by atoms with Crippen LogP contribution in [0.2, 0.25) is 0 Å². The van der Waals surface area contributed by atoms with Crippen LogP contribution in [0.25, 0.3) is 5.73 Å². The molecule has 1 aliphatic carbocycles. The predicted octanol–water partition coefficient (Wildman–Crippen LogP) is -0.0896. The largest absolute Gasteiger partial charge is 1.00 e. The van der Waals surface area contributed by atoms with Gasteiger partial charge in [0.05, 0.1) is 0 Å². The molecule has 0 spiro atoms. The van der Waals surface area contributed by atoms with E-state index in [4.69, 9.17) is 11.1 Å². The molecule has 72 valence electrons. The molecule has 0 aliphatic heterocycles. The smallest absolute Gasteiger partial charge is 0.702 e. The standard InChI is InChI=1S/C8H13N2.2Ar.Na/c9-7-3-1-2-4-8(10)6-5-7;;;/h3,9-10H,1-2,4-6H2;;;/q-1;;;+1/b7-3-,10-8?;;;. The maximum Gasteiger partial charge on any atom is 1.00 e. The molecule has 0 fully saturated rings. The zero-order chi connectivity index (χ0) is 7.40. The van der Waals surface area contributed by atoms with Gasteiger partial charge in [-0.25, -0.2) is 0 Å². The first-order chi connectivity index (χ1) is 4.79. The molecule has 13 heavy (non-hydrogen) atoms. The van der Waals surface area contributed by atoms with Crippen LogP contribution in [0.4, 0.5) is 0 Å². The van der Waals surface area contributed by atoms with Crippen LogP contribution < -0.4 is 29.6 Å². The third-order valence-electron chi connectivity index (χ3n) is 1.77. The molecule has 0 unspecified atom stereocenters. The number of allylic oxidation sites excluding steroid dienone is 2. The number of rotatable bonds is 0. The average molecular weight is 240 g/mol. The third-order valence-corrected chi connectivity index (χ3v) is 1.77. The molecule has 1 rings (SSSR count). The summed E-state index contributed by atoms with van der Waals surface area (Å²) in [6.45, 7) is 0. The van der Waals surface area contributed by atoms with Crippen molar-refractivity contribution in [3.63, 3.8) is 0 Å². The van der Waals surface area contributed by atoms with Crippen molar-refractivity contribution in [2.24, 2.45) is 0 Å². The fourth-order valence-corrected chi connectivity index (χ4v) is 1.10. The Bertz CT molecular complexity index is 172. The van der Waals surface area contributed by atoms with Gasteiger partial charge >= 0.3 is 29.6 Å².